The van der Waals surface area contributed by atoms with Gasteiger partial charge in [-0.1, -0.05) is 12.7 Å². The van der Waals surface area contributed by atoms with Crippen molar-refractivity contribution in [2.24, 2.45) is 0 Å². The van der Waals surface area contributed by atoms with Crippen molar-refractivity contribution in [1.82, 2.24) is 0 Å². The summed E-state index contributed by atoms with van der Waals surface area (Å²) in [5.41, 5.74) is 0. The Labute approximate surface area is 168 Å². The minimum Gasteiger partial charge on any atom is -0.457 e. The lowest BCUT2D eigenvalue weighted by atomic mass is 10.2. The van der Waals surface area contributed by atoms with Crippen molar-refractivity contribution in [1.29, 1.82) is 0 Å². The molecule has 33 heavy (non-hydrogen) atoms. The van der Waals surface area contributed by atoms with Gasteiger partial charge in [-0.3, -0.25) is 9.47 Å². The van der Waals surface area contributed by atoms with Crippen molar-refractivity contribution in [3.63, 3.8) is 0 Å². The average molecular weight is 536 g/mol. The molecule has 21 heteroatoms. The van der Waals surface area contributed by atoms with Gasteiger partial charge in [0.15, 0.2) is 0 Å². The van der Waals surface area contributed by atoms with E-state index in [1.165, 1.54) is 4.74 Å². The van der Waals surface area contributed by atoms with Crippen LogP contribution < -0.4 is 0 Å². The van der Waals surface area contributed by atoms with Gasteiger partial charge in [0.05, 0.1) is 0 Å². The highest BCUT2D eigenvalue weighted by Crippen LogP contribution is 2.56. The molecule has 0 spiro atoms. The molecule has 0 saturated carbocycles. The summed E-state index contributed by atoms with van der Waals surface area (Å²) in [7, 11) is 0. The normalized spacial score (nSPS) is 18.3. The van der Waals surface area contributed by atoms with Crippen molar-refractivity contribution in [3.8, 4) is 0 Å². The van der Waals surface area contributed by atoms with E-state index in [1.54, 1.807) is 4.74 Å². The van der Waals surface area contributed by atoms with Gasteiger partial charge in [-0.25, -0.2) is 4.79 Å². The summed E-state index contributed by atoms with van der Waals surface area (Å²) in [6, 6.07) is 0. The summed E-state index contributed by atoms with van der Waals surface area (Å²) in [5, 5.41) is 0. The van der Waals surface area contributed by atoms with Crippen LogP contribution in [0.5, 0.6) is 0 Å². The van der Waals surface area contributed by atoms with E-state index >= 15 is 0 Å². The monoisotopic (exact) mass is 536 g/mol. The van der Waals surface area contributed by atoms with Crippen LogP contribution in [-0.4, -0.2) is 61.0 Å². The molecule has 0 aromatic rings. The van der Waals surface area contributed by atoms with E-state index in [1.807, 2.05) is 0 Å². The zero-order valence-electron chi connectivity index (χ0n) is 14.5. The van der Waals surface area contributed by atoms with Gasteiger partial charge in [0.25, 0.3) is 0 Å². The maximum Gasteiger partial charge on any atom is 0.462 e. The Morgan fingerprint density at radius 2 is 1.06 bits per heavy atom. The number of hydrogen-bond donors (Lipinski definition) is 0. The number of carbonyl (C=O) groups is 1. The maximum atomic E-state index is 13.8. The SMILES string of the molecule is C=CCOC(=O)C(F)(OC(F)(F)C(F)(OC(F)(F)C(F)(F)C(F)(F)F)C(F)(F)F)C(F)(F)F. The third-order valence-corrected chi connectivity index (χ3v) is 2.96. The lowest BCUT2D eigenvalue weighted by molar-refractivity contribution is -0.548. The molecule has 0 fully saturated rings. The Bertz CT molecular complexity index is 723. The Kier molecular flexibility index (Phi) is 8.08. The Morgan fingerprint density at radius 1 is 0.636 bits per heavy atom. The molecule has 4 nitrogen and oxygen atoms in total. The predicted molar refractivity (Wildman–Crippen MR) is 64.0 cm³/mol. The molecule has 0 saturated heterocycles. The highest BCUT2D eigenvalue weighted by molar-refractivity contribution is 5.79. The van der Waals surface area contributed by atoms with E-state index in [2.05, 4.69) is 11.3 Å². The van der Waals surface area contributed by atoms with E-state index < -0.39 is 61.0 Å². The average Bonchev–Trinajstić information content (AvgIpc) is 2.55. The number of carbonyl (C=O) groups excluding carboxylic acids is 1. The number of hydrogen-bond acceptors (Lipinski definition) is 4. The molecule has 0 rings (SSSR count). The smallest absolute Gasteiger partial charge is 0.457 e. The molecule has 2 unspecified atom stereocenters. The van der Waals surface area contributed by atoms with Crippen LogP contribution in [0.2, 0.25) is 0 Å². The number of ether oxygens (including phenoxy) is 3. The molecule has 0 aliphatic carbocycles. The van der Waals surface area contributed by atoms with E-state index in [4.69, 9.17) is 0 Å². The molecular formula is C12H5F17O4. The van der Waals surface area contributed by atoms with Gasteiger partial charge in [0.1, 0.15) is 6.61 Å². The molecule has 0 aliphatic heterocycles. The van der Waals surface area contributed by atoms with Gasteiger partial charge in [-0.2, -0.15) is 74.6 Å². The highest BCUT2D eigenvalue weighted by atomic mass is 19.4. The van der Waals surface area contributed by atoms with Crippen LogP contribution >= 0.6 is 0 Å². The Morgan fingerprint density at radius 3 is 1.36 bits per heavy atom. The Balaban J connectivity index is 6.70. The van der Waals surface area contributed by atoms with Crippen LogP contribution in [-0.2, 0) is 19.0 Å². The number of esters is 1. The van der Waals surface area contributed by atoms with Gasteiger partial charge >= 0.3 is 54.3 Å². The third-order valence-electron chi connectivity index (χ3n) is 2.96. The second kappa shape index (κ2) is 8.62. The van der Waals surface area contributed by atoms with Crippen LogP contribution in [0.25, 0.3) is 0 Å². The second-order valence-corrected chi connectivity index (χ2v) is 5.38. The minimum atomic E-state index is -8.06. The molecule has 0 aromatic heterocycles. The zero-order chi connectivity index (χ0) is 27.1. The van der Waals surface area contributed by atoms with Crippen LogP contribution in [0, 0.1) is 0 Å². The van der Waals surface area contributed by atoms with Crippen molar-refractivity contribution in [2.75, 3.05) is 6.61 Å². The fourth-order valence-electron chi connectivity index (χ4n) is 1.37. The topological polar surface area (TPSA) is 44.8 Å². The first-order valence-electron chi connectivity index (χ1n) is 7.04. The van der Waals surface area contributed by atoms with Crippen molar-refractivity contribution in [2.45, 2.75) is 48.4 Å². The van der Waals surface area contributed by atoms with E-state index in [0.717, 1.165) is 0 Å². The third kappa shape index (κ3) is 5.54. The molecule has 0 N–H and O–H groups in total. The lowest BCUT2D eigenvalue weighted by Crippen LogP contribution is -2.68. The van der Waals surface area contributed by atoms with Gasteiger partial charge in [0.2, 0.25) is 0 Å². The van der Waals surface area contributed by atoms with Crippen LogP contribution in [0.3, 0.4) is 0 Å². The maximum absolute atomic E-state index is 13.8. The summed E-state index contributed by atoms with van der Waals surface area (Å²) in [6.07, 6.45) is -38.3. The van der Waals surface area contributed by atoms with Crippen LogP contribution in [0.1, 0.15) is 0 Å². The zero-order valence-corrected chi connectivity index (χ0v) is 14.5. The van der Waals surface area contributed by atoms with Crippen LogP contribution in [0.4, 0.5) is 74.6 Å². The standard InChI is InChI=1S/C12H5F17O4/c1-2-3-31-4(30)5(13,8(17,18)19)32-12(28,29)7(16,10(23,24)25)33-11(26,27)6(14,15)9(20,21)22/h2H,1,3H2. The van der Waals surface area contributed by atoms with Crippen molar-refractivity contribution in [3.05, 3.63) is 12.7 Å². The molecule has 0 heterocycles. The number of alkyl halides is 17. The van der Waals surface area contributed by atoms with Crippen LogP contribution in [0.15, 0.2) is 12.7 Å². The molecule has 0 aromatic carbocycles. The van der Waals surface area contributed by atoms with Gasteiger partial charge in [-0.05, 0) is 0 Å². The number of halogens is 17. The van der Waals surface area contributed by atoms with E-state index in [-0.39, 0.29) is 0 Å². The van der Waals surface area contributed by atoms with Crippen molar-refractivity contribution >= 4 is 5.97 Å². The largest absolute Gasteiger partial charge is 0.462 e. The predicted octanol–water partition coefficient (Wildman–Crippen LogP) is 5.59. The quantitative estimate of drug-likeness (QED) is 0.219. The van der Waals surface area contributed by atoms with E-state index in [9.17, 15) is 79.4 Å². The first kappa shape index (κ1) is 30.9. The molecule has 0 bridgehead atoms. The molecule has 0 radical (unpaired) electrons. The summed E-state index contributed by atoms with van der Waals surface area (Å²) in [5.74, 6) is -26.5. The lowest BCUT2D eigenvalue weighted by Gasteiger charge is -2.39. The molecule has 2 atom stereocenters. The van der Waals surface area contributed by atoms with E-state index in [0.29, 0.717) is 6.08 Å². The minimum absolute atomic E-state index is 0.310. The highest BCUT2D eigenvalue weighted by Gasteiger charge is 2.85. The first-order chi connectivity index (χ1) is 14.1. The molecule has 196 valence electrons. The summed E-state index contributed by atoms with van der Waals surface area (Å²) < 4.78 is 224. The number of rotatable bonds is 9. The van der Waals surface area contributed by atoms with Gasteiger partial charge in [0, 0.05) is 0 Å². The Hall–Kier alpha value is -2.06. The fraction of sp³-hybridized carbons (Fsp3) is 0.750. The summed E-state index contributed by atoms with van der Waals surface area (Å²) in [6.45, 7) is 1.16. The molecule has 0 aliphatic rings. The fourth-order valence-corrected chi connectivity index (χ4v) is 1.37. The first-order valence-corrected chi connectivity index (χ1v) is 7.04. The van der Waals surface area contributed by atoms with Gasteiger partial charge < -0.3 is 4.74 Å². The van der Waals surface area contributed by atoms with Crippen molar-refractivity contribution < 1.29 is 93.6 Å². The van der Waals surface area contributed by atoms with Gasteiger partial charge in [-0.15, -0.1) is 0 Å². The summed E-state index contributed by atoms with van der Waals surface area (Å²) >= 11 is 0. The summed E-state index contributed by atoms with van der Waals surface area (Å²) in [4.78, 5) is 11.0. The second-order valence-electron chi connectivity index (χ2n) is 5.38. The molecular weight excluding hydrogens is 531 g/mol. The molecule has 0 amide bonds.